The summed E-state index contributed by atoms with van der Waals surface area (Å²) in [6, 6.07) is 4.96. The second-order valence-electron chi connectivity index (χ2n) is 4.67. The lowest BCUT2D eigenvalue weighted by Crippen LogP contribution is -2.32. The molecule has 1 saturated carbocycles. The summed E-state index contributed by atoms with van der Waals surface area (Å²) in [5.74, 6) is 0.254. The Kier molecular flexibility index (Phi) is 3.08. The molecular weight excluding hydrogens is 224 g/mol. The predicted octanol–water partition coefficient (Wildman–Crippen LogP) is 3.01. The van der Waals surface area contributed by atoms with E-state index in [4.69, 9.17) is 10.5 Å². The van der Waals surface area contributed by atoms with Crippen molar-refractivity contribution in [3.8, 4) is 5.75 Å². The number of halogens is 2. The molecule has 1 fully saturated rings. The van der Waals surface area contributed by atoms with Crippen molar-refractivity contribution in [3.05, 3.63) is 29.3 Å². The molecule has 4 heteroatoms. The third-order valence-corrected chi connectivity index (χ3v) is 3.70. The van der Waals surface area contributed by atoms with Crippen molar-refractivity contribution in [1.29, 1.82) is 0 Å². The minimum Gasteiger partial charge on any atom is -0.496 e. The zero-order valence-corrected chi connectivity index (χ0v) is 10.0. The van der Waals surface area contributed by atoms with Crippen LogP contribution < -0.4 is 10.5 Å². The lowest BCUT2D eigenvalue weighted by molar-refractivity contribution is 0.144. The zero-order valence-electron chi connectivity index (χ0n) is 10.0. The van der Waals surface area contributed by atoms with Crippen molar-refractivity contribution >= 4 is 0 Å². The molecule has 2 nitrogen and oxygen atoms in total. The number of benzene rings is 1. The summed E-state index contributed by atoms with van der Waals surface area (Å²) < 4.78 is 31.4. The molecule has 0 saturated heterocycles. The fourth-order valence-corrected chi connectivity index (χ4v) is 2.49. The van der Waals surface area contributed by atoms with Crippen molar-refractivity contribution in [3.63, 3.8) is 0 Å². The first-order valence-electron chi connectivity index (χ1n) is 5.74. The van der Waals surface area contributed by atoms with Gasteiger partial charge in [0.1, 0.15) is 5.75 Å². The molecule has 1 aromatic rings. The molecule has 1 aliphatic rings. The number of hydrogen-bond acceptors (Lipinski definition) is 2. The van der Waals surface area contributed by atoms with Crippen molar-refractivity contribution in [1.82, 2.24) is 0 Å². The van der Waals surface area contributed by atoms with Gasteiger partial charge in [-0.25, -0.2) is 8.78 Å². The van der Waals surface area contributed by atoms with Crippen molar-refractivity contribution in [2.45, 2.75) is 37.6 Å². The Morgan fingerprint density at radius 3 is 2.41 bits per heavy atom. The smallest absolute Gasteiger partial charge is 0.267 e. The van der Waals surface area contributed by atoms with E-state index < -0.39 is 6.43 Å². The standard InChI is InChI=1S/C13H17F2NO/c1-8(16)13(6-7-13)9-4-3-5-10(17-2)11(9)12(14)15/h3-5,8,12H,6-7,16H2,1-2H3. The fraction of sp³-hybridized carbons (Fsp3) is 0.538. The van der Waals surface area contributed by atoms with Crippen LogP contribution in [0, 0.1) is 0 Å². The normalized spacial score (nSPS) is 19.2. The van der Waals surface area contributed by atoms with Crippen LogP contribution in [-0.4, -0.2) is 13.2 Å². The first kappa shape index (κ1) is 12.3. The number of alkyl halides is 2. The maximum atomic E-state index is 13.2. The predicted molar refractivity (Wildman–Crippen MR) is 62.5 cm³/mol. The van der Waals surface area contributed by atoms with Crippen molar-refractivity contribution in [2.75, 3.05) is 7.11 Å². The molecule has 0 heterocycles. The first-order chi connectivity index (χ1) is 8.03. The van der Waals surface area contributed by atoms with E-state index in [1.54, 1.807) is 18.2 Å². The monoisotopic (exact) mass is 241 g/mol. The Hall–Kier alpha value is -1.16. The maximum absolute atomic E-state index is 13.2. The van der Waals surface area contributed by atoms with Gasteiger partial charge in [0.05, 0.1) is 12.7 Å². The van der Waals surface area contributed by atoms with Gasteiger partial charge >= 0.3 is 0 Å². The van der Waals surface area contributed by atoms with Crippen LogP contribution in [0.25, 0.3) is 0 Å². The van der Waals surface area contributed by atoms with Crippen LogP contribution in [-0.2, 0) is 5.41 Å². The van der Waals surface area contributed by atoms with E-state index in [9.17, 15) is 8.78 Å². The Balaban J connectivity index is 2.54. The Labute approximate surface area is 99.8 Å². The SMILES string of the molecule is COc1cccc(C2(C(C)N)CC2)c1C(F)F. The molecule has 1 aliphatic carbocycles. The molecule has 2 rings (SSSR count). The summed E-state index contributed by atoms with van der Waals surface area (Å²) in [6.45, 7) is 1.88. The van der Waals surface area contributed by atoms with Crippen molar-refractivity contribution < 1.29 is 13.5 Å². The number of rotatable bonds is 4. The zero-order chi connectivity index (χ0) is 12.6. The highest BCUT2D eigenvalue weighted by atomic mass is 19.3. The topological polar surface area (TPSA) is 35.2 Å². The molecule has 0 amide bonds. The van der Waals surface area contributed by atoms with Gasteiger partial charge in [0.15, 0.2) is 0 Å². The Bertz CT molecular complexity index is 414. The highest BCUT2D eigenvalue weighted by Crippen LogP contribution is 2.53. The Morgan fingerprint density at radius 2 is 2.00 bits per heavy atom. The van der Waals surface area contributed by atoms with Gasteiger partial charge in [-0.1, -0.05) is 12.1 Å². The van der Waals surface area contributed by atoms with Crippen LogP contribution >= 0.6 is 0 Å². The maximum Gasteiger partial charge on any atom is 0.267 e. The van der Waals surface area contributed by atoms with Gasteiger partial charge in [-0.15, -0.1) is 0 Å². The number of methoxy groups -OCH3 is 1. The van der Waals surface area contributed by atoms with Gasteiger partial charge in [0.25, 0.3) is 6.43 Å². The summed E-state index contributed by atoms with van der Waals surface area (Å²) in [6.07, 6.45) is -0.785. The molecule has 2 N–H and O–H groups in total. The highest BCUT2D eigenvalue weighted by molar-refractivity contribution is 5.48. The minimum atomic E-state index is -2.53. The van der Waals surface area contributed by atoms with Crippen LogP contribution in [0.2, 0.25) is 0 Å². The van der Waals surface area contributed by atoms with Gasteiger partial charge in [0, 0.05) is 11.5 Å². The molecule has 17 heavy (non-hydrogen) atoms. The average Bonchev–Trinajstić information content (AvgIpc) is 3.08. The van der Waals surface area contributed by atoms with Crippen LogP contribution in [0.3, 0.4) is 0 Å². The van der Waals surface area contributed by atoms with Gasteiger partial charge in [-0.3, -0.25) is 0 Å². The Morgan fingerprint density at radius 1 is 1.35 bits per heavy atom. The van der Waals surface area contributed by atoms with E-state index in [-0.39, 0.29) is 22.8 Å². The van der Waals surface area contributed by atoms with Gasteiger partial charge in [-0.2, -0.15) is 0 Å². The number of hydrogen-bond donors (Lipinski definition) is 1. The lowest BCUT2D eigenvalue weighted by Gasteiger charge is -2.24. The van der Waals surface area contributed by atoms with Gasteiger partial charge in [0.2, 0.25) is 0 Å². The molecule has 1 aromatic carbocycles. The summed E-state index contributed by atoms with van der Waals surface area (Å²) in [4.78, 5) is 0. The second-order valence-corrected chi connectivity index (χ2v) is 4.67. The molecule has 94 valence electrons. The number of nitrogens with two attached hydrogens (primary N) is 1. The van der Waals surface area contributed by atoms with Crippen molar-refractivity contribution in [2.24, 2.45) is 5.73 Å². The summed E-state index contributed by atoms with van der Waals surface area (Å²) in [7, 11) is 1.41. The average molecular weight is 241 g/mol. The van der Waals surface area contributed by atoms with E-state index in [2.05, 4.69) is 0 Å². The molecule has 1 atom stereocenters. The lowest BCUT2D eigenvalue weighted by atomic mass is 9.86. The van der Waals surface area contributed by atoms with E-state index in [0.717, 1.165) is 12.8 Å². The summed E-state index contributed by atoms with van der Waals surface area (Å²) in [5, 5.41) is 0. The molecule has 0 spiro atoms. The third-order valence-electron chi connectivity index (χ3n) is 3.70. The molecule has 1 unspecified atom stereocenters. The largest absolute Gasteiger partial charge is 0.496 e. The number of ether oxygens (including phenoxy) is 1. The van der Waals surface area contributed by atoms with Crippen LogP contribution in [0.1, 0.15) is 37.3 Å². The van der Waals surface area contributed by atoms with E-state index in [1.165, 1.54) is 7.11 Å². The second kappa shape index (κ2) is 4.26. The van der Waals surface area contributed by atoms with E-state index in [1.807, 2.05) is 6.92 Å². The summed E-state index contributed by atoms with van der Waals surface area (Å²) in [5.41, 5.74) is 6.32. The van der Waals surface area contributed by atoms with Crippen LogP contribution in [0.5, 0.6) is 5.75 Å². The molecular formula is C13H17F2NO. The molecule has 0 bridgehead atoms. The van der Waals surface area contributed by atoms with Gasteiger partial charge < -0.3 is 10.5 Å². The minimum absolute atomic E-state index is 0.00444. The first-order valence-corrected chi connectivity index (χ1v) is 5.74. The molecule has 0 aliphatic heterocycles. The van der Waals surface area contributed by atoms with E-state index >= 15 is 0 Å². The van der Waals surface area contributed by atoms with Gasteiger partial charge in [-0.05, 0) is 31.4 Å². The fourth-order valence-electron chi connectivity index (χ4n) is 2.49. The van der Waals surface area contributed by atoms with Crippen LogP contribution in [0.4, 0.5) is 8.78 Å². The summed E-state index contributed by atoms with van der Waals surface area (Å²) >= 11 is 0. The van der Waals surface area contributed by atoms with Crippen LogP contribution in [0.15, 0.2) is 18.2 Å². The highest BCUT2D eigenvalue weighted by Gasteiger charge is 2.49. The molecule has 0 radical (unpaired) electrons. The van der Waals surface area contributed by atoms with E-state index in [0.29, 0.717) is 5.56 Å². The molecule has 0 aromatic heterocycles. The quantitative estimate of drug-likeness (QED) is 0.879. The third kappa shape index (κ3) is 1.90.